The highest BCUT2D eigenvalue weighted by Gasteiger charge is 2.28. The molecule has 3 unspecified atom stereocenters. The first-order chi connectivity index (χ1) is 14.1. The van der Waals surface area contributed by atoms with E-state index >= 15 is 0 Å². The SMILES string of the molecule is CCCCC(C)C(C)(O)CCn1c(=O)n(C)c(=O)n1CCCCCCCCC(C)O. The van der Waals surface area contributed by atoms with Gasteiger partial charge in [0.05, 0.1) is 11.7 Å². The number of nitrogens with zero attached hydrogens (tertiary/aromatic N) is 3. The van der Waals surface area contributed by atoms with Crippen LogP contribution < -0.4 is 11.4 Å². The molecule has 0 aromatic carbocycles. The quantitative estimate of drug-likeness (QED) is 0.396. The summed E-state index contributed by atoms with van der Waals surface area (Å²) in [6.07, 6.45) is 10.5. The van der Waals surface area contributed by atoms with Crippen molar-refractivity contribution < 1.29 is 10.2 Å². The standard InChI is InChI=1S/C23H45N3O4/c1-6-7-14-19(2)23(4,30)16-18-26-22(29)24(5)21(28)25(26)17-13-11-9-8-10-12-15-20(3)27/h19-20,27,30H,6-18H2,1-5H3. The predicted octanol–water partition coefficient (Wildman–Crippen LogP) is 3.43. The van der Waals surface area contributed by atoms with Crippen molar-refractivity contribution in [2.75, 3.05) is 0 Å². The Morgan fingerprint density at radius 1 is 0.867 bits per heavy atom. The first-order valence-corrected chi connectivity index (χ1v) is 11.9. The van der Waals surface area contributed by atoms with Crippen LogP contribution in [0.25, 0.3) is 0 Å². The molecule has 0 spiro atoms. The molecule has 0 aliphatic rings. The summed E-state index contributed by atoms with van der Waals surface area (Å²) >= 11 is 0. The van der Waals surface area contributed by atoms with Gasteiger partial charge in [0.15, 0.2) is 0 Å². The van der Waals surface area contributed by atoms with Gasteiger partial charge >= 0.3 is 11.4 Å². The number of aliphatic hydroxyl groups excluding tert-OH is 1. The largest absolute Gasteiger partial charge is 0.393 e. The lowest BCUT2D eigenvalue weighted by molar-refractivity contribution is -0.0111. The Morgan fingerprint density at radius 3 is 1.97 bits per heavy atom. The van der Waals surface area contributed by atoms with Crippen molar-refractivity contribution in [1.82, 2.24) is 13.9 Å². The highest BCUT2D eigenvalue weighted by molar-refractivity contribution is 4.81. The second-order valence-electron chi connectivity index (χ2n) is 9.28. The van der Waals surface area contributed by atoms with Gasteiger partial charge in [-0.25, -0.2) is 23.5 Å². The van der Waals surface area contributed by atoms with Gasteiger partial charge in [0.1, 0.15) is 0 Å². The van der Waals surface area contributed by atoms with Crippen LogP contribution in [0.3, 0.4) is 0 Å². The monoisotopic (exact) mass is 427 g/mol. The molecule has 0 fully saturated rings. The zero-order valence-electron chi connectivity index (χ0n) is 19.9. The number of aliphatic hydroxyl groups is 2. The van der Waals surface area contributed by atoms with E-state index in [2.05, 4.69) is 13.8 Å². The van der Waals surface area contributed by atoms with Crippen LogP contribution in [-0.2, 0) is 20.1 Å². The van der Waals surface area contributed by atoms with E-state index in [1.165, 1.54) is 11.7 Å². The van der Waals surface area contributed by atoms with Crippen molar-refractivity contribution in [2.24, 2.45) is 13.0 Å². The predicted molar refractivity (Wildman–Crippen MR) is 122 cm³/mol. The Labute approximate surface area is 181 Å². The summed E-state index contributed by atoms with van der Waals surface area (Å²) in [7, 11) is 1.52. The molecule has 0 aliphatic heterocycles. The summed E-state index contributed by atoms with van der Waals surface area (Å²) in [6.45, 7) is 8.72. The molecule has 7 heteroatoms. The Bertz CT molecular complexity index is 715. The third-order valence-corrected chi connectivity index (χ3v) is 6.43. The van der Waals surface area contributed by atoms with Gasteiger partial charge in [0.25, 0.3) is 0 Å². The van der Waals surface area contributed by atoms with Crippen LogP contribution in [0.2, 0.25) is 0 Å². The lowest BCUT2D eigenvalue weighted by atomic mass is 9.84. The van der Waals surface area contributed by atoms with Gasteiger partial charge in [-0.1, -0.05) is 58.8 Å². The van der Waals surface area contributed by atoms with E-state index in [9.17, 15) is 19.8 Å². The molecule has 0 amide bonds. The topological polar surface area (TPSA) is 89.4 Å². The molecule has 2 N–H and O–H groups in total. The van der Waals surface area contributed by atoms with E-state index in [1.54, 1.807) is 4.68 Å². The third kappa shape index (κ3) is 8.42. The fourth-order valence-electron chi connectivity index (χ4n) is 3.88. The van der Waals surface area contributed by atoms with E-state index < -0.39 is 5.60 Å². The Balaban J connectivity index is 2.60. The van der Waals surface area contributed by atoms with Gasteiger partial charge in [0, 0.05) is 20.1 Å². The van der Waals surface area contributed by atoms with Crippen LogP contribution >= 0.6 is 0 Å². The summed E-state index contributed by atoms with van der Waals surface area (Å²) in [5, 5.41) is 20.1. The lowest BCUT2D eigenvalue weighted by Gasteiger charge is -2.30. The van der Waals surface area contributed by atoms with Crippen LogP contribution in [0.15, 0.2) is 9.59 Å². The second-order valence-corrected chi connectivity index (χ2v) is 9.28. The van der Waals surface area contributed by atoms with Crippen molar-refractivity contribution in [3.63, 3.8) is 0 Å². The number of aromatic nitrogens is 3. The smallest absolute Gasteiger partial charge is 0.346 e. The van der Waals surface area contributed by atoms with Crippen LogP contribution in [0.1, 0.15) is 98.3 Å². The van der Waals surface area contributed by atoms with E-state index in [1.807, 2.05) is 13.8 Å². The molecule has 0 radical (unpaired) electrons. The molecule has 30 heavy (non-hydrogen) atoms. The van der Waals surface area contributed by atoms with Gasteiger partial charge in [-0.3, -0.25) is 0 Å². The van der Waals surface area contributed by atoms with Crippen molar-refractivity contribution in [3.05, 3.63) is 21.0 Å². The van der Waals surface area contributed by atoms with Gasteiger partial charge in [-0.05, 0) is 45.4 Å². The molecular formula is C23H45N3O4. The number of hydrogen-bond donors (Lipinski definition) is 2. The molecule has 0 aliphatic carbocycles. The molecule has 1 rings (SSSR count). The molecule has 3 atom stereocenters. The van der Waals surface area contributed by atoms with Crippen LogP contribution in [-0.4, -0.2) is 35.8 Å². The Morgan fingerprint density at radius 2 is 1.40 bits per heavy atom. The molecule has 176 valence electrons. The van der Waals surface area contributed by atoms with E-state index in [0.29, 0.717) is 19.5 Å². The van der Waals surface area contributed by atoms with Gasteiger partial charge in [0.2, 0.25) is 0 Å². The van der Waals surface area contributed by atoms with Crippen molar-refractivity contribution >= 4 is 0 Å². The first-order valence-electron chi connectivity index (χ1n) is 11.9. The minimum Gasteiger partial charge on any atom is -0.393 e. The zero-order chi connectivity index (χ0) is 22.7. The van der Waals surface area contributed by atoms with Crippen molar-refractivity contribution in [1.29, 1.82) is 0 Å². The molecule has 0 saturated carbocycles. The Hall–Kier alpha value is -1.34. The van der Waals surface area contributed by atoms with Crippen LogP contribution in [0, 0.1) is 5.92 Å². The van der Waals surface area contributed by atoms with E-state index in [4.69, 9.17) is 0 Å². The van der Waals surface area contributed by atoms with Gasteiger partial charge in [-0.15, -0.1) is 0 Å². The number of unbranched alkanes of at least 4 members (excludes halogenated alkanes) is 6. The minimum atomic E-state index is -0.864. The molecule has 1 aromatic heterocycles. The summed E-state index contributed by atoms with van der Waals surface area (Å²) < 4.78 is 4.21. The maximum absolute atomic E-state index is 12.5. The first kappa shape index (κ1) is 26.7. The fraction of sp³-hybridized carbons (Fsp3) is 0.913. The van der Waals surface area contributed by atoms with Gasteiger partial charge < -0.3 is 10.2 Å². The van der Waals surface area contributed by atoms with Crippen LogP contribution in [0.4, 0.5) is 0 Å². The molecule has 0 bridgehead atoms. The Kier molecular flexibility index (Phi) is 11.7. The summed E-state index contributed by atoms with van der Waals surface area (Å²) in [5.41, 5.74) is -1.46. The second kappa shape index (κ2) is 13.2. The minimum absolute atomic E-state index is 0.144. The molecule has 0 saturated heterocycles. The highest BCUT2D eigenvalue weighted by atomic mass is 16.3. The zero-order valence-corrected chi connectivity index (χ0v) is 19.9. The fourth-order valence-corrected chi connectivity index (χ4v) is 3.88. The van der Waals surface area contributed by atoms with Crippen LogP contribution in [0.5, 0.6) is 0 Å². The number of rotatable bonds is 16. The van der Waals surface area contributed by atoms with Crippen molar-refractivity contribution in [3.8, 4) is 0 Å². The third-order valence-electron chi connectivity index (χ3n) is 6.43. The summed E-state index contributed by atoms with van der Waals surface area (Å²) in [4.78, 5) is 25.0. The molecule has 1 aromatic rings. The maximum Gasteiger partial charge on any atom is 0.346 e. The molecule has 7 nitrogen and oxygen atoms in total. The van der Waals surface area contributed by atoms with Gasteiger partial charge in [-0.2, -0.15) is 0 Å². The summed E-state index contributed by atoms with van der Waals surface area (Å²) in [6, 6.07) is 0. The summed E-state index contributed by atoms with van der Waals surface area (Å²) in [5.74, 6) is 0.144. The van der Waals surface area contributed by atoms with Crippen molar-refractivity contribution in [2.45, 2.75) is 123 Å². The average molecular weight is 428 g/mol. The lowest BCUT2D eigenvalue weighted by Crippen LogP contribution is -2.37. The average Bonchev–Trinajstić information content (AvgIpc) is 2.89. The maximum atomic E-state index is 12.5. The highest BCUT2D eigenvalue weighted by Crippen LogP contribution is 2.26. The normalized spacial score (nSPS) is 15.8. The molecular weight excluding hydrogens is 382 g/mol. The van der Waals surface area contributed by atoms with E-state index in [-0.39, 0.29) is 23.4 Å². The molecule has 1 heterocycles. The number of hydrogen-bond acceptors (Lipinski definition) is 4. The van der Waals surface area contributed by atoms with E-state index in [0.717, 1.165) is 68.8 Å².